The molecular formula is C16H19NO3. The van der Waals surface area contributed by atoms with Crippen molar-refractivity contribution in [3.05, 3.63) is 48.0 Å². The van der Waals surface area contributed by atoms with E-state index in [1.165, 1.54) is 0 Å². The Balaban J connectivity index is 1.88. The third kappa shape index (κ3) is 3.35. The molecule has 0 aliphatic carbocycles. The fraction of sp³-hybridized carbons (Fsp3) is 0.250. The Labute approximate surface area is 119 Å². The average molecular weight is 273 g/mol. The van der Waals surface area contributed by atoms with Crippen LogP contribution in [0.2, 0.25) is 0 Å². The molecule has 20 heavy (non-hydrogen) atoms. The molecule has 0 atom stereocenters. The van der Waals surface area contributed by atoms with Crippen molar-refractivity contribution in [2.24, 2.45) is 0 Å². The molecule has 106 valence electrons. The molecule has 0 heterocycles. The lowest BCUT2D eigenvalue weighted by Crippen LogP contribution is -2.11. The van der Waals surface area contributed by atoms with Gasteiger partial charge >= 0.3 is 0 Å². The van der Waals surface area contributed by atoms with Crippen LogP contribution in [-0.2, 0) is 0 Å². The Hall–Kier alpha value is -2.36. The van der Waals surface area contributed by atoms with Gasteiger partial charge in [-0.2, -0.15) is 0 Å². The van der Waals surface area contributed by atoms with E-state index in [0.717, 1.165) is 11.3 Å². The van der Waals surface area contributed by atoms with Crippen LogP contribution in [0.4, 0.5) is 5.69 Å². The zero-order chi connectivity index (χ0) is 14.4. The SMILES string of the molecule is COc1ccccc1OCCOc1c(C)cccc1N. The smallest absolute Gasteiger partial charge is 0.161 e. The van der Waals surface area contributed by atoms with Gasteiger partial charge in [-0.1, -0.05) is 24.3 Å². The zero-order valence-electron chi connectivity index (χ0n) is 11.8. The summed E-state index contributed by atoms with van der Waals surface area (Å²) < 4.78 is 16.5. The third-order valence-corrected chi connectivity index (χ3v) is 2.90. The largest absolute Gasteiger partial charge is 0.493 e. The molecule has 4 nitrogen and oxygen atoms in total. The van der Waals surface area contributed by atoms with Gasteiger partial charge in [0.2, 0.25) is 0 Å². The van der Waals surface area contributed by atoms with Gasteiger partial charge < -0.3 is 19.9 Å². The molecule has 0 aliphatic heterocycles. The normalized spacial score (nSPS) is 10.1. The van der Waals surface area contributed by atoms with E-state index in [1.54, 1.807) is 7.11 Å². The Morgan fingerprint density at radius 3 is 2.30 bits per heavy atom. The molecule has 0 amide bonds. The highest BCUT2D eigenvalue weighted by Gasteiger charge is 2.05. The Morgan fingerprint density at radius 2 is 1.60 bits per heavy atom. The first-order chi connectivity index (χ1) is 9.72. The van der Waals surface area contributed by atoms with Gasteiger partial charge in [0.05, 0.1) is 12.8 Å². The molecule has 0 spiro atoms. The second-order valence-corrected chi connectivity index (χ2v) is 4.34. The number of anilines is 1. The molecule has 4 heteroatoms. The van der Waals surface area contributed by atoms with Gasteiger partial charge in [0.15, 0.2) is 11.5 Å². The standard InChI is InChI=1S/C16H19NO3/c1-12-6-5-7-13(17)16(12)20-11-10-19-15-9-4-3-8-14(15)18-2/h3-9H,10-11,17H2,1-2H3. The summed E-state index contributed by atoms with van der Waals surface area (Å²) in [5, 5.41) is 0. The van der Waals surface area contributed by atoms with Crippen LogP contribution in [0.3, 0.4) is 0 Å². The highest BCUT2D eigenvalue weighted by atomic mass is 16.5. The highest BCUT2D eigenvalue weighted by Crippen LogP contribution is 2.27. The molecule has 2 N–H and O–H groups in total. The maximum Gasteiger partial charge on any atom is 0.161 e. The minimum Gasteiger partial charge on any atom is -0.493 e. The van der Waals surface area contributed by atoms with Gasteiger partial charge in [-0.3, -0.25) is 0 Å². The molecule has 0 aliphatic rings. The highest BCUT2D eigenvalue weighted by molar-refractivity contribution is 5.56. The molecule has 2 rings (SSSR count). The number of para-hydroxylation sites is 3. The number of nitrogen functional groups attached to an aromatic ring is 1. The summed E-state index contributed by atoms with van der Waals surface area (Å²) in [5.74, 6) is 2.13. The molecule has 0 fully saturated rings. The number of nitrogens with two attached hydrogens (primary N) is 1. The van der Waals surface area contributed by atoms with Crippen molar-refractivity contribution in [2.45, 2.75) is 6.92 Å². The van der Waals surface area contributed by atoms with Gasteiger partial charge in [-0.15, -0.1) is 0 Å². The predicted octanol–water partition coefficient (Wildman–Crippen LogP) is 3.04. The van der Waals surface area contributed by atoms with Crippen LogP contribution >= 0.6 is 0 Å². The topological polar surface area (TPSA) is 53.7 Å². The van der Waals surface area contributed by atoms with E-state index >= 15 is 0 Å². The van der Waals surface area contributed by atoms with Crippen LogP contribution in [0.15, 0.2) is 42.5 Å². The van der Waals surface area contributed by atoms with E-state index in [0.29, 0.717) is 30.4 Å². The Kier molecular flexibility index (Phi) is 4.71. The quantitative estimate of drug-likeness (QED) is 0.649. The maximum atomic E-state index is 5.87. The summed E-state index contributed by atoms with van der Waals surface area (Å²) in [5.41, 5.74) is 7.53. The first-order valence-corrected chi connectivity index (χ1v) is 6.46. The lowest BCUT2D eigenvalue weighted by molar-refractivity contribution is 0.211. The molecule has 2 aromatic rings. The minimum absolute atomic E-state index is 0.424. The summed E-state index contributed by atoms with van der Waals surface area (Å²) >= 11 is 0. The summed E-state index contributed by atoms with van der Waals surface area (Å²) in [4.78, 5) is 0. The lowest BCUT2D eigenvalue weighted by Gasteiger charge is -2.13. The van der Waals surface area contributed by atoms with E-state index in [1.807, 2.05) is 49.4 Å². The van der Waals surface area contributed by atoms with E-state index < -0.39 is 0 Å². The average Bonchev–Trinajstić information content (AvgIpc) is 2.46. The van der Waals surface area contributed by atoms with Crippen LogP contribution in [0.5, 0.6) is 17.2 Å². The van der Waals surface area contributed by atoms with Crippen molar-refractivity contribution in [1.82, 2.24) is 0 Å². The van der Waals surface area contributed by atoms with E-state index in [4.69, 9.17) is 19.9 Å². The number of rotatable bonds is 6. The molecule has 0 unspecified atom stereocenters. The van der Waals surface area contributed by atoms with Crippen molar-refractivity contribution < 1.29 is 14.2 Å². The van der Waals surface area contributed by atoms with Gasteiger partial charge in [-0.05, 0) is 30.7 Å². The van der Waals surface area contributed by atoms with Crippen molar-refractivity contribution in [3.63, 3.8) is 0 Å². The van der Waals surface area contributed by atoms with Crippen molar-refractivity contribution in [2.75, 3.05) is 26.1 Å². The van der Waals surface area contributed by atoms with E-state index in [-0.39, 0.29) is 0 Å². The number of hydrogen-bond acceptors (Lipinski definition) is 4. The van der Waals surface area contributed by atoms with Crippen molar-refractivity contribution >= 4 is 5.69 Å². The predicted molar refractivity (Wildman–Crippen MR) is 79.6 cm³/mol. The summed E-state index contributed by atoms with van der Waals surface area (Å²) in [7, 11) is 1.62. The first kappa shape index (κ1) is 14.1. The number of methoxy groups -OCH3 is 1. The molecule has 0 saturated heterocycles. The molecule has 0 bridgehead atoms. The fourth-order valence-electron chi connectivity index (χ4n) is 1.91. The zero-order valence-corrected chi connectivity index (χ0v) is 11.8. The summed E-state index contributed by atoms with van der Waals surface area (Å²) in [6, 6.07) is 13.2. The van der Waals surface area contributed by atoms with Crippen LogP contribution < -0.4 is 19.9 Å². The molecule has 0 saturated carbocycles. The van der Waals surface area contributed by atoms with Crippen LogP contribution in [0.25, 0.3) is 0 Å². The first-order valence-electron chi connectivity index (χ1n) is 6.46. The molecule has 2 aromatic carbocycles. The third-order valence-electron chi connectivity index (χ3n) is 2.90. The van der Waals surface area contributed by atoms with E-state index in [2.05, 4.69) is 0 Å². The number of ether oxygens (including phenoxy) is 3. The Morgan fingerprint density at radius 1 is 0.900 bits per heavy atom. The van der Waals surface area contributed by atoms with Crippen molar-refractivity contribution in [3.8, 4) is 17.2 Å². The van der Waals surface area contributed by atoms with Crippen molar-refractivity contribution in [1.29, 1.82) is 0 Å². The number of benzene rings is 2. The van der Waals surface area contributed by atoms with Gasteiger partial charge in [0.25, 0.3) is 0 Å². The van der Waals surface area contributed by atoms with Crippen LogP contribution in [0.1, 0.15) is 5.56 Å². The van der Waals surface area contributed by atoms with Gasteiger partial charge in [0.1, 0.15) is 19.0 Å². The van der Waals surface area contributed by atoms with Gasteiger partial charge in [0, 0.05) is 0 Å². The second-order valence-electron chi connectivity index (χ2n) is 4.34. The molecule has 0 aromatic heterocycles. The molecular weight excluding hydrogens is 254 g/mol. The lowest BCUT2D eigenvalue weighted by atomic mass is 10.2. The molecule has 0 radical (unpaired) electrons. The van der Waals surface area contributed by atoms with E-state index in [9.17, 15) is 0 Å². The summed E-state index contributed by atoms with van der Waals surface area (Å²) in [6.45, 7) is 2.81. The monoisotopic (exact) mass is 273 g/mol. The Bertz CT molecular complexity index is 549. The number of aryl methyl sites for hydroxylation is 1. The minimum atomic E-state index is 0.424. The summed E-state index contributed by atoms with van der Waals surface area (Å²) in [6.07, 6.45) is 0. The fourth-order valence-corrected chi connectivity index (χ4v) is 1.91. The maximum absolute atomic E-state index is 5.87. The second kappa shape index (κ2) is 6.70. The number of hydrogen-bond donors (Lipinski definition) is 1. The van der Waals surface area contributed by atoms with Crippen LogP contribution in [-0.4, -0.2) is 20.3 Å². The van der Waals surface area contributed by atoms with Crippen LogP contribution in [0, 0.1) is 6.92 Å². The van der Waals surface area contributed by atoms with Gasteiger partial charge in [-0.25, -0.2) is 0 Å².